The molecular formula is C26H28ClN5O4. The molecule has 188 valence electrons. The number of carbonyl (C=O) groups is 2. The first-order valence-corrected chi connectivity index (χ1v) is 12.5. The molecule has 2 aliphatic rings. The van der Waals surface area contributed by atoms with E-state index in [-0.39, 0.29) is 24.4 Å². The van der Waals surface area contributed by atoms with Crippen molar-refractivity contribution in [3.8, 4) is 0 Å². The average Bonchev–Trinajstić information content (AvgIpc) is 3.29. The third-order valence-corrected chi connectivity index (χ3v) is 7.01. The second kappa shape index (κ2) is 10.4. The number of aliphatic hydroxyl groups excluding tert-OH is 1. The molecule has 9 nitrogen and oxygen atoms in total. The smallest absolute Gasteiger partial charge is 0.376 e. The number of esters is 1. The lowest BCUT2D eigenvalue weighted by Crippen LogP contribution is -2.54. The van der Waals surface area contributed by atoms with Gasteiger partial charge in [0.1, 0.15) is 5.82 Å². The minimum Gasteiger partial charge on any atom is -0.460 e. The molecule has 5 rings (SSSR count). The molecule has 0 aliphatic carbocycles. The van der Waals surface area contributed by atoms with Crippen LogP contribution in [0.5, 0.6) is 0 Å². The van der Waals surface area contributed by atoms with E-state index in [1.807, 2.05) is 34.1 Å². The molecule has 0 saturated carbocycles. The summed E-state index contributed by atoms with van der Waals surface area (Å²) in [4.78, 5) is 40.2. The van der Waals surface area contributed by atoms with Crippen LogP contribution in [0.1, 0.15) is 27.9 Å². The Bertz CT molecular complexity index is 1260. The zero-order valence-corrected chi connectivity index (χ0v) is 20.8. The van der Waals surface area contributed by atoms with Crippen LogP contribution in [0, 0.1) is 0 Å². The molecule has 2 saturated heterocycles. The topological polar surface area (TPSA) is 99.1 Å². The lowest BCUT2D eigenvalue weighted by molar-refractivity contribution is 0.0376. The summed E-state index contributed by atoms with van der Waals surface area (Å²) >= 11 is 5.94. The van der Waals surface area contributed by atoms with Gasteiger partial charge in [-0.2, -0.15) is 0 Å². The van der Waals surface area contributed by atoms with E-state index in [9.17, 15) is 14.7 Å². The zero-order chi connectivity index (χ0) is 25.2. The van der Waals surface area contributed by atoms with E-state index >= 15 is 0 Å². The zero-order valence-electron chi connectivity index (χ0n) is 20.0. The Hall–Kier alpha value is -3.27. The summed E-state index contributed by atoms with van der Waals surface area (Å²) in [6.45, 7) is 5.39. The van der Waals surface area contributed by atoms with Crippen molar-refractivity contribution in [3.05, 3.63) is 64.9 Å². The van der Waals surface area contributed by atoms with Crippen LogP contribution in [0.25, 0.3) is 10.9 Å². The van der Waals surface area contributed by atoms with Crippen LogP contribution in [-0.2, 0) is 4.74 Å². The van der Waals surface area contributed by atoms with Gasteiger partial charge in [-0.05, 0) is 43.3 Å². The lowest BCUT2D eigenvalue weighted by Gasteiger charge is -2.38. The van der Waals surface area contributed by atoms with Gasteiger partial charge in [0.25, 0.3) is 5.91 Å². The Morgan fingerprint density at radius 2 is 1.75 bits per heavy atom. The number of anilines is 1. The SMILES string of the molecule is CCOC(=O)c1nc(N2CC(O)C(N3CCN(C(=O)c4ccc(Cl)cc4)CC3)C2)c2ccccc2n1. The first-order chi connectivity index (χ1) is 17.4. The number of amides is 1. The summed E-state index contributed by atoms with van der Waals surface area (Å²) < 4.78 is 5.12. The molecule has 0 bridgehead atoms. The largest absolute Gasteiger partial charge is 0.460 e. The Morgan fingerprint density at radius 3 is 2.47 bits per heavy atom. The number of rotatable bonds is 5. The quantitative estimate of drug-likeness (QED) is 0.524. The Kier molecular flexibility index (Phi) is 7.04. The van der Waals surface area contributed by atoms with Crippen molar-refractivity contribution in [2.24, 2.45) is 0 Å². The number of piperazine rings is 1. The van der Waals surface area contributed by atoms with E-state index in [2.05, 4.69) is 14.9 Å². The van der Waals surface area contributed by atoms with E-state index in [0.29, 0.717) is 61.2 Å². The van der Waals surface area contributed by atoms with Gasteiger partial charge in [0.15, 0.2) is 0 Å². The summed E-state index contributed by atoms with van der Waals surface area (Å²) in [7, 11) is 0. The van der Waals surface area contributed by atoms with Crippen LogP contribution < -0.4 is 4.90 Å². The van der Waals surface area contributed by atoms with Crippen molar-refractivity contribution in [1.82, 2.24) is 19.8 Å². The maximum absolute atomic E-state index is 12.9. The van der Waals surface area contributed by atoms with Gasteiger partial charge in [0.2, 0.25) is 5.82 Å². The van der Waals surface area contributed by atoms with Crippen LogP contribution in [0.3, 0.4) is 0 Å². The fourth-order valence-electron chi connectivity index (χ4n) is 4.92. The van der Waals surface area contributed by atoms with Gasteiger partial charge in [-0.3, -0.25) is 9.69 Å². The molecule has 1 amide bonds. The summed E-state index contributed by atoms with van der Waals surface area (Å²) in [5.74, 6) is 0.0423. The number of aliphatic hydroxyl groups is 1. The number of fused-ring (bicyclic) bond motifs is 1. The molecule has 0 spiro atoms. The van der Waals surface area contributed by atoms with Crippen LogP contribution in [-0.4, -0.2) is 94.8 Å². The predicted molar refractivity (Wildman–Crippen MR) is 136 cm³/mol. The van der Waals surface area contributed by atoms with E-state index in [4.69, 9.17) is 16.3 Å². The number of hydrogen-bond donors (Lipinski definition) is 1. The van der Waals surface area contributed by atoms with Gasteiger partial charge in [-0.1, -0.05) is 23.7 Å². The minimum absolute atomic E-state index is 0.0119. The van der Waals surface area contributed by atoms with Gasteiger partial charge < -0.3 is 19.6 Å². The number of hydrogen-bond acceptors (Lipinski definition) is 8. The fourth-order valence-corrected chi connectivity index (χ4v) is 5.05. The molecule has 2 atom stereocenters. The molecule has 10 heteroatoms. The first-order valence-electron chi connectivity index (χ1n) is 12.1. The maximum atomic E-state index is 12.9. The number of nitrogens with zero attached hydrogens (tertiary/aromatic N) is 5. The summed E-state index contributed by atoms with van der Waals surface area (Å²) in [5.41, 5.74) is 1.27. The fraction of sp³-hybridized carbons (Fsp3) is 0.385. The van der Waals surface area contributed by atoms with Gasteiger partial charge in [-0.25, -0.2) is 14.8 Å². The number of carbonyl (C=O) groups excluding carboxylic acids is 2. The highest BCUT2D eigenvalue weighted by Crippen LogP contribution is 2.29. The lowest BCUT2D eigenvalue weighted by atomic mass is 10.1. The van der Waals surface area contributed by atoms with Gasteiger partial charge >= 0.3 is 5.97 Å². The molecule has 2 aliphatic heterocycles. The van der Waals surface area contributed by atoms with Crippen LogP contribution >= 0.6 is 11.6 Å². The third-order valence-electron chi connectivity index (χ3n) is 6.76. The Morgan fingerprint density at radius 1 is 1.03 bits per heavy atom. The van der Waals surface area contributed by atoms with Crippen molar-refractivity contribution >= 4 is 40.2 Å². The second-order valence-electron chi connectivity index (χ2n) is 8.98. The number of halogens is 1. The summed E-state index contributed by atoms with van der Waals surface area (Å²) in [6.07, 6.45) is -0.594. The first kappa shape index (κ1) is 24.4. The second-order valence-corrected chi connectivity index (χ2v) is 9.42. The van der Waals surface area contributed by atoms with Gasteiger partial charge in [0, 0.05) is 55.2 Å². The number of para-hydroxylation sites is 1. The van der Waals surface area contributed by atoms with Crippen LogP contribution in [0.4, 0.5) is 5.82 Å². The van der Waals surface area contributed by atoms with Gasteiger partial charge in [0.05, 0.1) is 24.3 Å². The molecule has 2 aromatic carbocycles. The molecule has 36 heavy (non-hydrogen) atoms. The van der Waals surface area contributed by atoms with Crippen molar-refractivity contribution in [3.63, 3.8) is 0 Å². The van der Waals surface area contributed by atoms with Crippen molar-refractivity contribution in [2.75, 3.05) is 50.8 Å². The van der Waals surface area contributed by atoms with Crippen molar-refractivity contribution < 1.29 is 19.4 Å². The number of ether oxygens (including phenoxy) is 1. The van der Waals surface area contributed by atoms with Crippen LogP contribution in [0.15, 0.2) is 48.5 Å². The van der Waals surface area contributed by atoms with Crippen molar-refractivity contribution in [2.45, 2.75) is 19.1 Å². The molecule has 3 heterocycles. The summed E-state index contributed by atoms with van der Waals surface area (Å²) in [6, 6.07) is 14.3. The van der Waals surface area contributed by atoms with Crippen molar-refractivity contribution in [1.29, 1.82) is 0 Å². The minimum atomic E-state index is -0.594. The van der Waals surface area contributed by atoms with E-state index in [1.165, 1.54) is 0 Å². The molecule has 2 fully saturated rings. The highest BCUT2D eigenvalue weighted by molar-refractivity contribution is 6.30. The highest BCUT2D eigenvalue weighted by atomic mass is 35.5. The van der Waals surface area contributed by atoms with E-state index in [1.54, 1.807) is 31.2 Å². The molecule has 2 unspecified atom stereocenters. The predicted octanol–water partition coefficient (Wildman–Crippen LogP) is 2.47. The number of aromatic nitrogens is 2. The average molecular weight is 510 g/mol. The van der Waals surface area contributed by atoms with Crippen LogP contribution in [0.2, 0.25) is 5.02 Å². The molecular weight excluding hydrogens is 482 g/mol. The van der Waals surface area contributed by atoms with Gasteiger partial charge in [-0.15, -0.1) is 0 Å². The highest BCUT2D eigenvalue weighted by Gasteiger charge is 2.38. The molecule has 1 N–H and O–H groups in total. The normalized spacial score (nSPS) is 20.6. The van der Waals surface area contributed by atoms with E-state index in [0.717, 1.165) is 5.39 Å². The monoisotopic (exact) mass is 509 g/mol. The molecule has 1 aromatic heterocycles. The third kappa shape index (κ3) is 4.86. The Balaban J connectivity index is 1.30. The Labute approximate surface area is 214 Å². The summed E-state index contributed by atoms with van der Waals surface area (Å²) in [5, 5.41) is 12.4. The number of benzene rings is 2. The molecule has 3 aromatic rings. The van der Waals surface area contributed by atoms with E-state index < -0.39 is 12.1 Å². The number of β-amino-alcohol motifs (C(OH)–C–C–N with tert-alkyl or cyclic N) is 1. The molecule has 0 radical (unpaired) electrons. The maximum Gasteiger partial charge on any atom is 0.376 e. The standard InChI is InChI=1S/C26H28ClN5O4/c1-2-36-26(35)23-28-20-6-4-3-5-19(20)24(29-23)32-15-21(22(33)16-32)30-11-13-31(14-12-30)25(34)17-7-9-18(27)10-8-17/h3-10,21-22,33H,2,11-16H2,1H3.